The molecule has 2 N–H and O–H groups in total. The molecule has 2 aliphatic rings. The fourth-order valence-electron chi connectivity index (χ4n) is 4.20. The Bertz CT molecular complexity index is 881. The monoisotopic (exact) mass is 428 g/mol. The summed E-state index contributed by atoms with van der Waals surface area (Å²) in [7, 11) is 0. The SMILES string of the molecule is CCOc1ccc(C2NNCC2C(=O)N2CCN(c3ccc(C)cc3)CC2)cc1Cl. The molecule has 30 heavy (non-hydrogen) atoms. The van der Waals surface area contributed by atoms with Crippen molar-refractivity contribution in [1.29, 1.82) is 0 Å². The molecule has 0 aliphatic carbocycles. The summed E-state index contributed by atoms with van der Waals surface area (Å²) in [5.41, 5.74) is 9.88. The van der Waals surface area contributed by atoms with Crippen LogP contribution in [0.15, 0.2) is 42.5 Å². The number of carbonyl (C=O) groups excluding carboxylic acids is 1. The number of rotatable bonds is 5. The number of anilines is 1. The second-order valence-electron chi connectivity index (χ2n) is 7.88. The fraction of sp³-hybridized carbons (Fsp3) is 0.435. The summed E-state index contributed by atoms with van der Waals surface area (Å²) in [5.74, 6) is 0.694. The molecule has 7 heteroatoms. The van der Waals surface area contributed by atoms with Crippen LogP contribution in [0.25, 0.3) is 0 Å². The average molecular weight is 429 g/mol. The molecule has 2 fully saturated rings. The predicted octanol–water partition coefficient (Wildman–Crippen LogP) is 3.16. The lowest BCUT2D eigenvalue weighted by Crippen LogP contribution is -2.51. The van der Waals surface area contributed by atoms with E-state index in [9.17, 15) is 4.79 Å². The van der Waals surface area contributed by atoms with E-state index in [1.165, 1.54) is 11.3 Å². The minimum atomic E-state index is -0.162. The van der Waals surface area contributed by atoms with E-state index in [4.69, 9.17) is 16.3 Å². The normalized spacial score (nSPS) is 21.7. The second kappa shape index (κ2) is 9.25. The van der Waals surface area contributed by atoms with Gasteiger partial charge in [-0.05, 0) is 43.7 Å². The maximum Gasteiger partial charge on any atom is 0.229 e. The van der Waals surface area contributed by atoms with Gasteiger partial charge in [0.05, 0.1) is 23.6 Å². The Morgan fingerprint density at radius 2 is 1.87 bits per heavy atom. The standard InChI is InChI=1S/C23H29ClN4O2/c1-3-30-21-9-6-17(14-20(21)24)22-19(15-25-26-22)23(29)28-12-10-27(11-13-28)18-7-4-16(2)5-8-18/h4-9,14,19,22,25-26H,3,10-13,15H2,1-2H3. The highest BCUT2D eigenvalue weighted by molar-refractivity contribution is 6.32. The van der Waals surface area contributed by atoms with Crippen molar-refractivity contribution in [3.05, 3.63) is 58.6 Å². The molecule has 2 aromatic rings. The number of amides is 1. The summed E-state index contributed by atoms with van der Waals surface area (Å²) in [5, 5.41) is 0.570. The highest BCUT2D eigenvalue weighted by atomic mass is 35.5. The Labute approximate surface area is 183 Å². The number of hydrazine groups is 1. The molecular formula is C23H29ClN4O2. The zero-order valence-electron chi connectivity index (χ0n) is 17.5. The molecule has 1 amide bonds. The molecule has 4 rings (SSSR count). The van der Waals surface area contributed by atoms with Crippen LogP contribution in [-0.2, 0) is 4.79 Å². The highest BCUT2D eigenvalue weighted by Crippen LogP contribution is 2.33. The van der Waals surface area contributed by atoms with Gasteiger partial charge in [-0.2, -0.15) is 0 Å². The molecular weight excluding hydrogens is 400 g/mol. The first kappa shape index (κ1) is 21.0. The van der Waals surface area contributed by atoms with Crippen molar-refractivity contribution < 1.29 is 9.53 Å². The smallest absolute Gasteiger partial charge is 0.229 e. The number of piperazine rings is 1. The second-order valence-corrected chi connectivity index (χ2v) is 8.29. The number of hydrogen-bond donors (Lipinski definition) is 2. The van der Waals surface area contributed by atoms with Crippen LogP contribution in [0.1, 0.15) is 24.1 Å². The molecule has 2 aliphatic heterocycles. The van der Waals surface area contributed by atoms with E-state index in [-0.39, 0.29) is 17.9 Å². The van der Waals surface area contributed by atoms with Crippen LogP contribution in [0, 0.1) is 12.8 Å². The number of carbonyl (C=O) groups is 1. The summed E-state index contributed by atoms with van der Waals surface area (Å²) < 4.78 is 5.53. The zero-order chi connectivity index (χ0) is 21.1. The Morgan fingerprint density at radius 3 is 2.53 bits per heavy atom. The van der Waals surface area contributed by atoms with Crippen molar-refractivity contribution in [3.63, 3.8) is 0 Å². The summed E-state index contributed by atoms with van der Waals surface area (Å²) in [4.78, 5) is 17.6. The number of aryl methyl sites for hydroxylation is 1. The van der Waals surface area contributed by atoms with Crippen LogP contribution in [0.5, 0.6) is 5.75 Å². The van der Waals surface area contributed by atoms with Crippen LogP contribution < -0.4 is 20.5 Å². The van der Waals surface area contributed by atoms with Gasteiger partial charge in [-0.3, -0.25) is 10.2 Å². The number of nitrogens with one attached hydrogen (secondary N) is 2. The summed E-state index contributed by atoms with van der Waals surface area (Å²) in [6.07, 6.45) is 0. The van der Waals surface area contributed by atoms with E-state index in [2.05, 4.69) is 46.9 Å². The van der Waals surface area contributed by atoms with Gasteiger partial charge in [0, 0.05) is 38.4 Å². The van der Waals surface area contributed by atoms with Crippen molar-refractivity contribution in [1.82, 2.24) is 15.8 Å². The Kier molecular flexibility index (Phi) is 6.46. The molecule has 0 bridgehead atoms. The molecule has 2 unspecified atom stereocenters. The van der Waals surface area contributed by atoms with E-state index in [0.29, 0.717) is 23.9 Å². The number of ether oxygens (including phenoxy) is 1. The van der Waals surface area contributed by atoms with Gasteiger partial charge in [-0.1, -0.05) is 35.4 Å². The molecule has 0 saturated carbocycles. The largest absolute Gasteiger partial charge is 0.492 e. The quantitative estimate of drug-likeness (QED) is 0.766. The van der Waals surface area contributed by atoms with Gasteiger partial charge < -0.3 is 14.5 Å². The molecule has 2 heterocycles. The predicted molar refractivity (Wildman–Crippen MR) is 120 cm³/mol. The summed E-state index contributed by atoms with van der Waals surface area (Å²) >= 11 is 6.37. The van der Waals surface area contributed by atoms with E-state index in [0.717, 1.165) is 31.7 Å². The Morgan fingerprint density at radius 1 is 1.13 bits per heavy atom. The van der Waals surface area contributed by atoms with E-state index >= 15 is 0 Å². The van der Waals surface area contributed by atoms with Crippen LogP contribution in [0.2, 0.25) is 5.02 Å². The first-order valence-electron chi connectivity index (χ1n) is 10.6. The lowest BCUT2D eigenvalue weighted by atomic mass is 9.93. The third-order valence-corrected chi connectivity index (χ3v) is 6.20. The Hall–Kier alpha value is -2.28. The van der Waals surface area contributed by atoms with Gasteiger partial charge in [0.15, 0.2) is 0 Å². The number of halogens is 1. The van der Waals surface area contributed by atoms with Gasteiger partial charge >= 0.3 is 0 Å². The van der Waals surface area contributed by atoms with Crippen molar-refractivity contribution in [2.75, 3.05) is 44.2 Å². The number of hydrogen-bond acceptors (Lipinski definition) is 5. The summed E-state index contributed by atoms with van der Waals surface area (Å²) in [6.45, 7) is 8.37. The third kappa shape index (κ3) is 4.41. The molecule has 2 atom stereocenters. The average Bonchev–Trinajstić information content (AvgIpc) is 3.25. The summed E-state index contributed by atoms with van der Waals surface area (Å²) in [6, 6.07) is 14.2. The van der Waals surface area contributed by atoms with E-state index in [1.807, 2.05) is 30.0 Å². The van der Waals surface area contributed by atoms with Gasteiger partial charge in [0.25, 0.3) is 0 Å². The zero-order valence-corrected chi connectivity index (χ0v) is 18.3. The number of nitrogens with zero attached hydrogens (tertiary/aromatic N) is 2. The van der Waals surface area contributed by atoms with Gasteiger partial charge in [-0.25, -0.2) is 5.43 Å². The van der Waals surface area contributed by atoms with Crippen LogP contribution in [0.3, 0.4) is 0 Å². The minimum absolute atomic E-state index is 0.110. The maximum absolute atomic E-state index is 13.3. The topological polar surface area (TPSA) is 56.8 Å². The third-order valence-electron chi connectivity index (χ3n) is 5.90. The maximum atomic E-state index is 13.3. The van der Waals surface area contributed by atoms with Gasteiger partial charge in [0.1, 0.15) is 5.75 Å². The first-order chi connectivity index (χ1) is 14.6. The van der Waals surface area contributed by atoms with Crippen LogP contribution in [-0.4, -0.2) is 50.1 Å². The lowest BCUT2D eigenvalue weighted by Gasteiger charge is -2.37. The molecule has 0 radical (unpaired) electrons. The van der Waals surface area contributed by atoms with Gasteiger partial charge in [-0.15, -0.1) is 0 Å². The Balaban J connectivity index is 1.40. The van der Waals surface area contributed by atoms with E-state index in [1.54, 1.807) is 0 Å². The molecule has 2 saturated heterocycles. The van der Waals surface area contributed by atoms with Crippen LogP contribution in [0.4, 0.5) is 5.69 Å². The molecule has 0 spiro atoms. The van der Waals surface area contributed by atoms with Crippen molar-refractivity contribution in [2.24, 2.45) is 5.92 Å². The van der Waals surface area contributed by atoms with Gasteiger partial charge in [0.2, 0.25) is 5.91 Å². The highest BCUT2D eigenvalue weighted by Gasteiger charge is 2.37. The van der Waals surface area contributed by atoms with Crippen molar-refractivity contribution in [3.8, 4) is 5.75 Å². The molecule has 6 nitrogen and oxygen atoms in total. The lowest BCUT2D eigenvalue weighted by molar-refractivity contribution is -0.135. The van der Waals surface area contributed by atoms with Crippen molar-refractivity contribution >= 4 is 23.2 Å². The minimum Gasteiger partial charge on any atom is -0.492 e. The fourth-order valence-corrected chi connectivity index (χ4v) is 4.44. The van der Waals surface area contributed by atoms with Crippen molar-refractivity contribution in [2.45, 2.75) is 19.9 Å². The molecule has 2 aromatic carbocycles. The first-order valence-corrected chi connectivity index (χ1v) is 11.0. The van der Waals surface area contributed by atoms with E-state index < -0.39 is 0 Å². The van der Waals surface area contributed by atoms with Crippen LogP contribution >= 0.6 is 11.6 Å². The number of benzene rings is 2. The molecule has 0 aromatic heterocycles. The molecule has 160 valence electrons.